The number of amides is 2. The number of alkyl halides is 3. The van der Waals surface area contributed by atoms with E-state index >= 15 is 0 Å². The van der Waals surface area contributed by atoms with Gasteiger partial charge in [0.1, 0.15) is 5.84 Å². The van der Waals surface area contributed by atoms with Crippen molar-refractivity contribution >= 4 is 17.6 Å². The quantitative estimate of drug-likeness (QED) is 0.503. The highest BCUT2D eigenvalue weighted by atomic mass is 19.4. The number of halogens is 3. The lowest BCUT2D eigenvalue weighted by Crippen LogP contribution is -2.48. The van der Waals surface area contributed by atoms with Crippen LogP contribution in [-0.4, -0.2) is 52.3 Å². The van der Waals surface area contributed by atoms with Crippen LogP contribution in [0.3, 0.4) is 0 Å². The minimum absolute atomic E-state index is 0.0568. The SMILES string of the molecule is CC(c1ccccc1)N1CC[C@@H]2CCC(N3Cc4ccc(C(=N)NC(=O)C(F)(F)F)cc4C3=O)[C@@H]21. The topological polar surface area (TPSA) is 76.5 Å². The molecule has 2 amide bonds. The first kappa shape index (κ1) is 23.5. The van der Waals surface area contributed by atoms with Gasteiger partial charge >= 0.3 is 12.1 Å². The first-order valence-electron chi connectivity index (χ1n) is 11.9. The summed E-state index contributed by atoms with van der Waals surface area (Å²) in [7, 11) is 0. The minimum atomic E-state index is -5.08. The number of fused-ring (bicyclic) bond motifs is 2. The van der Waals surface area contributed by atoms with Gasteiger partial charge in [-0.3, -0.25) is 19.9 Å². The maximum absolute atomic E-state index is 13.4. The molecule has 0 bridgehead atoms. The van der Waals surface area contributed by atoms with Gasteiger partial charge in [0.2, 0.25) is 0 Å². The summed E-state index contributed by atoms with van der Waals surface area (Å²) in [5.41, 5.74) is 2.50. The zero-order valence-corrected chi connectivity index (χ0v) is 19.3. The molecule has 184 valence electrons. The van der Waals surface area contributed by atoms with E-state index in [1.165, 1.54) is 17.7 Å². The second kappa shape index (κ2) is 8.78. The van der Waals surface area contributed by atoms with Gasteiger partial charge in [0, 0.05) is 35.8 Å². The van der Waals surface area contributed by atoms with Crippen molar-refractivity contribution in [1.29, 1.82) is 5.41 Å². The van der Waals surface area contributed by atoms with E-state index in [9.17, 15) is 22.8 Å². The van der Waals surface area contributed by atoms with E-state index in [1.807, 2.05) is 23.1 Å². The first-order chi connectivity index (χ1) is 16.6. The highest BCUT2D eigenvalue weighted by molar-refractivity contribution is 6.09. The Balaban J connectivity index is 1.34. The van der Waals surface area contributed by atoms with E-state index in [0.717, 1.165) is 31.4 Å². The lowest BCUT2D eigenvalue weighted by atomic mass is 10.00. The van der Waals surface area contributed by atoms with Crippen molar-refractivity contribution in [2.75, 3.05) is 6.54 Å². The summed E-state index contributed by atoms with van der Waals surface area (Å²) < 4.78 is 37.7. The Morgan fingerprint density at radius 1 is 1.11 bits per heavy atom. The van der Waals surface area contributed by atoms with Crippen LogP contribution >= 0.6 is 0 Å². The van der Waals surface area contributed by atoms with Crippen LogP contribution in [0.4, 0.5) is 13.2 Å². The molecule has 2 unspecified atom stereocenters. The van der Waals surface area contributed by atoms with Gasteiger partial charge in [0.25, 0.3) is 5.91 Å². The van der Waals surface area contributed by atoms with Gasteiger partial charge in [0.15, 0.2) is 0 Å². The van der Waals surface area contributed by atoms with Crippen LogP contribution in [-0.2, 0) is 11.3 Å². The number of hydrogen-bond donors (Lipinski definition) is 2. The van der Waals surface area contributed by atoms with Gasteiger partial charge in [-0.25, -0.2) is 0 Å². The Labute approximate surface area is 201 Å². The lowest BCUT2D eigenvalue weighted by molar-refractivity contribution is -0.171. The maximum atomic E-state index is 13.4. The molecule has 2 heterocycles. The number of likely N-dealkylation sites (tertiary alicyclic amines) is 1. The van der Waals surface area contributed by atoms with Crippen molar-refractivity contribution in [3.63, 3.8) is 0 Å². The fraction of sp³-hybridized carbons (Fsp3) is 0.423. The van der Waals surface area contributed by atoms with Crippen LogP contribution in [0, 0.1) is 11.3 Å². The third kappa shape index (κ3) is 4.22. The highest BCUT2D eigenvalue weighted by Gasteiger charge is 2.50. The van der Waals surface area contributed by atoms with Crippen LogP contribution in [0.2, 0.25) is 0 Å². The Hall–Kier alpha value is -3.20. The number of nitrogens with zero attached hydrogens (tertiary/aromatic N) is 2. The molecule has 0 radical (unpaired) electrons. The zero-order valence-electron chi connectivity index (χ0n) is 19.3. The predicted octanol–water partition coefficient (Wildman–Crippen LogP) is 4.26. The molecule has 5 rings (SSSR count). The van der Waals surface area contributed by atoms with E-state index < -0.39 is 17.9 Å². The van der Waals surface area contributed by atoms with E-state index in [1.54, 1.807) is 11.4 Å². The van der Waals surface area contributed by atoms with Crippen LogP contribution in [0.1, 0.15) is 59.3 Å². The summed E-state index contributed by atoms with van der Waals surface area (Å²) in [4.78, 5) is 29.1. The Kier molecular flexibility index (Phi) is 5.91. The lowest BCUT2D eigenvalue weighted by Gasteiger charge is -2.38. The van der Waals surface area contributed by atoms with Crippen molar-refractivity contribution < 1.29 is 22.8 Å². The van der Waals surface area contributed by atoms with E-state index in [4.69, 9.17) is 5.41 Å². The van der Waals surface area contributed by atoms with Gasteiger partial charge in [0.05, 0.1) is 0 Å². The van der Waals surface area contributed by atoms with Gasteiger partial charge in [-0.2, -0.15) is 13.2 Å². The molecule has 2 aromatic rings. The molecule has 35 heavy (non-hydrogen) atoms. The molecule has 3 aliphatic rings. The Morgan fingerprint density at radius 3 is 2.57 bits per heavy atom. The molecule has 0 spiro atoms. The fourth-order valence-electron chi connectivity index (χ4n) is 6.03. The minimum Gasteiger partial charge on any atom is -0.330 e. The van der Waals surface area contributed by atoms with Crippen LogP contribution in [0.15, 0.2) is 48.5 Å². The molecule has 4 atom stereocenters. The van der Waals surface area contributed by atoms with Crippen molar-refractivity contribution in [3.8, 4) is 0 Å². The van der Waals surface area contributed by atoms with Gasteiger partial charge in [-0.1, -0.05) is 42.5 Å². The van der Waals surface area contributed by atoms with Gasteiger partial charge in [-0.15, -0.1) is 0 Å². The molecule has 0 aromatic heterocycles. The predicted molar refractivity (Wildman–Crippen MR) is 124 cm³/mol. The normalized spacial score (nSPS) is 24.9. The first-order valence-corrected chi connectivity index (χ1v) is 11.9. The molecule has 9 heteroatoms. The average molecular weight is 485 g/mol. The van der Waals surface area contributed by atoms with E-state index in [0.29, 0.717) is 18.0 Å². The summed E-state index contributed by atoms with van der Waals surface area (Å²) in [5.74, 6) is -2.52. The monoisotopic (exact) mass is 484 g/mol. The van der Waals surface area contributed by atoms with Crippen molar-refractivity contribution in [2.45, 2.75) is 57.0 Å². The Morgan fingerprint density at radius 2 is 1.86 bits per heavy atom. The van der Waals surface area contributed by atoms with E-state index in [2.05, 4.69) is 24.0 Å². The summed E-state index contributed by atoms with van der Waals surface area (Å²) in [6.45, 7) is 3.63. The van der Waals surface area contributed by atoms with Crippen molar-refractivity contribution in [2.24, 2.45) is 5.92 Å². The summed E-state index contributed by atoms with van der Waals surface area (Å²) in [6, 6.07) is 15.5. The summed E-state index contributed by atoms with van der Waals surface area (Å²) in [5, 5.41) is 9.43. The molecule has 6 nitrogen and oxygen atoms in total. The third-order valence-electron chi connectivity index (χ3n) is 7.76. The van der Waals surface area contributed by atoms with Crippen LogP contribution in [0.5, 0.6) is 0 Å². The number of amidine groups is 1. The standard InChI is InChI=1S/C26H27F3N4O2/c1-15(16-5-3-2-4-6-16)32-12-11-17-9-10-21(22(17)32)33-14-19-8-7-18(13-20(19)24(33)34)23(30)31-25(35)26(27,28)29/h2-8,13,15,17,21-22H,9-12,14H2,1H3,(H2,30,31,35)/t15?,17-,21?,22+/m0/s1. The molecule has 1 saturated carbocycles. The molecule has 1 saturated heterocycles. The second-order valence-corrected chi connectivity index (χ2v) is 9.64. The number of hydrogen-bond acceptors (Lipinski definition) is 4. The smallest absolute Gasteiger partial charge is 0.330 e. The van der Waals surface area contributed by atoms with E-state index in [-0.39, 0.29) is 29.6 Å². The molecule has 2 aromatic carbocycles. The number of carbonyl (C=O) groups is 2. The maximum Gasteiger partial charge on any atom is 0.471 e. The van der Waals surface area contributed by atoms with Gasteiger partial charge in [-0.05, 0) is 55.8 Å². The third-order valence-corrected chi connectivity index (χ3v) is 7.76. The Bertz CT molecular complexity index is 1170. The van der Waals surface area contributed by atoms with Crippen LogP contribution < -0.4 is 5.32 Å². The second-order valence-electron chi connectivity index (χ2n) is 9.64. The summed E-state index contributed by atoms with van der Waals surface area (Å²) in [6.07, 6.45) is -2.00. The number of benzene rings is 2. The number of nitrogens with one attached hydrogen (secondary N) is 2. The molecular weight excluding hydrogens is 457 g/mol. The highest BCUT2D eigenvalue weighted by Crippen LogP contribution is 2.45. The molecule has 2 N–H and O–H groups in total. The number of carbonyl (C=O) groups excluding carboxylic acids is 2. The van der Waals surface area contributed by atoms with Gasteiger partial charge < -0.3 is 10.2 Å². The molecule has 2 aliphatic heterocycles. The zero-order chi connectivity index (χ0) is 24.9. The van der Waals surface area contributed by atoms with Crippen molar-refractivity contribution in [3.05, 3.63) is 70.8 Å². The molecular formula is C26H27F3N4O2. The average Bonchev–Trinajstić information content (AvgIpc) is 3.52. The number of rotatable bonds is 4. The summed E-state index contributed by atoms with van der Waals surface area (Å²) >= 11 is 0. The fourth-order valence-corrected chi connectivity index (χ4v) is 6.03. The van der Waals surface area contributed by atoms with Crippen LogP contribution in [0.25, 0.3) is 0 Å². The molecule has 2 fully saturated rings. The van der Waals surface area contributed by atoms with Crippen molar-refractivity contribution in [1.82, 2.24) is 15.1 Å². The largest absolute Gasteiger partial charge is 0.471 e. The molecule has 1 aliphatic carbocycles.